The van der Waals surface area contributed by atoms with E-state index in [-0.39, 0.29) is 17.2 Å². The Kier molecular flexibility index (Phi) is 4.79. The van der Waals surface area contributed by atoms with Crippen LogP contribution in [0.4, 0.5) is 5.69 Å². The van der Waals surface area contributed by atoms with Crippen LogP contribution in [0.1, 0.15) is 22.8 Å². The molecule has 0 aliphatic rings. The summed E-state index contributed by atoms with van der Waals surface area (Å²) in [4.78, 5) is 34.9. The van der Waals surface area contributed by atoms with Crippen molar-refractivity contribution in [1.82, 2.24) is 4.90 Å². The molecule has 0 spiro atoms. The molecule has 0 heterocycles. The number of hydrogen-bond donors (Lipinski definition) is 0. The fraction of sp³-hybridized carbons (Fsp3) is 0.385. The molecular formula is C13H16N2O5. The Balaban J connectivity index is 2.86. The SMILES string of the molecule is Cc1cc(C(=O)OC(C)C(=O)N(C)C)ccc1[N+](=O)[O-]. The third-order valence-corrected chi connectivity index (χ3v) is 2.70. The molecule has 1 rings (SSSR count). The number of nitro benzene ring substituents is 1. The lowest BCUT2D eigenvalue weighted by molar-refractivity contribution is -0.385. The predicted molar refractivity (Wildman–Crippen MR) is 71.4 cm³/mol. The van der Waals surface area contributed by atoms with Crippen molar-refractivity contribution in [3.8, 4) is 0 Å². The van der Waals surface area contributed by atoms with Gasteiger partial charge in [-0.2, -0.15) is 0 Å². The Bertz CT molecular complexity index is 554. The van der Waals surface area contributed by atoms with E-state index in [4.69, 9.17) is 4.74 Å². The van der Waals surface area contributed by atoms with Crippen LogP contribution in [-0.4, -0.2) is 41.9 Å². The van der Waals surface area contributed by atoms with Gasteiger partial charge in [-0.3, -0.25) is 14.9 Å². The first-order valence-electron chi connectivity index (χ1n) is 5.91. The molecule has 1 unspecified atom stereocenters. The van der Waals surface area contributed by atoms with Crippen LogP contribution in [0.5, 0.6) is 0 Å². The van der Waals surface area contributed by atoms with Gasteiger partial charge in [0.15, 0.2) is 6.10 Å². The molecule has 0 aromatic heterocycles. The number of aryl methyl sites for hydroxylation is 1. The minimum absolute atomic E-state index is 0.0704. The average Bonchev–Trinajstić information content (AvgIpc) is 2.36. The van der Waals surface area contributed by atoms with Gasteiger partial charge in [-0.05, 0) is 26.0 Å². The third kappa shape index (κ3) is 3.53. The molecule has 0 radical (unpaired) electrons. The molecular weight excluding hydrogens is 264 g/mol. The van der Waals surface area contributed by atoms with Gasteiger partial charge in [-0.1, -0.05) is 0 Å². The van der Waals surface area contributed by atoms with Crippen LogP contribution in [0.15, 0.2) is 18.2 Å². The molecule has 0 fully saturated rings. The number of benzene rings is 1. The summed E-state index contributed by atoms with van der Waals surface area (Å²) in [6.45, 7) is 3.00. The summed E-state index contributed by atoms with van der Waals surface area (Å²) in [5.41, 5.74) is 0.460. The molecule has 1 aromatic carbocycles. The number of likely N-dealkylation sites (N-methyl/N-ethyl adjacent to an activating group) is 1. The molecule has 0 saturated heterocycles. The van der Waals surface area contributed by atoms with Gasteiger partial charge in [0.05, 0.1) is 10.5 Å². The molecule has 1 amide bonds. The molecule has 0 saturated carbocycles. The van der Waals surface area contributed by atoms with Crippen molar-refractivity contribution < 1.29 is 19.2 Å². The zero-order valence-corrected chi connectivity index (χ0v) is 11.7. The Labute approximate surface area is 116 Å². The van der Waals surface area contributed by atoms with Gasteiger partial charge in [0.2, 0.25) is 0 Å². The number of hydrogen-bond acceptors (Lipinski definition) is 5. The molecule has 0 N–H and O–H groups in total. The van der Waals surface area contributed by atoms with Crippen molar-refractivity contribution in [1.29, 1.82) is 0 Å². The predicted octanol–water partition coefficient (Wildman–Crippen LogP) is 1.54. The van der Waals surface area contributed by atoms with Crippen LogP contribution in [0, 0.1) is 17.0 Å². The molecule has 1 atom stereocenters. The maximum atomic E-state index is 11.9. The summed E-state index contributed by atoms with van der Waals surface area (Å²) >= 11 is 0. The zero-order valence-electron chi connectivity index (χ0n) is 11.7. The number of amides is 1. The quantitative estimate of drug-likeness (QED) is 0.474. The van der Waals surface area contributed by atoms with E-state index in [9.17, 15) is 19.7 Å². The molecule has 108 valence electrons. The number of rotatable bonds is 4. The summed E-state index contributed by atoms with van der Waals surface area (Å²) < 4.78 is 5.01. The van der Waals surface area contributed by atoms with Crippen molar-refractivity contribution >= 4 is 17.6 Å². The zero-order chi connectivity index (χ0) is 15.4. The van der Waals surface area contributed by atoms with Gasteiger partial charge in [-0.25, -0.2) is 4.79 Å². The first-order chi connectivity index (χ1) is 9.23. The molecule has 0 aliphatic heterocycles. The highest BCUT2D eigenvalue weighted by atomic mass is 16.6. The molecule has 1 aromatic rings. The minimum atomic E-state index is -0.909. The summed E-state index contributed by atoms with van der Waals surface area (Å²) in [5.74, 6) is -1.03. The first kappa shape index (κ1) is 15.6. The van der Waals surface area contributed by atoms with E-state index in [0.29, 0.717) is 5.56 Å². The summed E-state index contributed by atoms with van der Waals surface area (Å²) in [6, 6.07) is 3.91. The Morgan fingerprint density at radius 1 is 1.35 bits per heavy atom. The van der Waals surface area contributed by atoms with E-state index in [1.807, 2.05) is 0 Å². The number of nitrogens with zero attached hydrogens (tertiary/aromatic N) is 2. The lowest BCUT2D eigenvalue weighted by Gasteiger charge is -2.17. The van der Waals surface area contributed by atoms with E-state index in [1.54, 1.807) is 14.1 Å². The lowest BCUT2D eigenvalue weighted by Crippen LogP contribution is -2.34. The van der Waals surface area contributed by atoms with E-state index in [2.05, 4.69) is 0 Å². The monoisotopic (exact) mass is 280 g/mol. The number of ether oxygens (including phenoxy) is 1. The van der Waals surface area contributed by atoms with Crippen molar-refractivity contribution in [2.75, 3.05) is 14.1 Å². The highest BCUT2D eigenvalue weighted by Crippen LogP contribution is 2.19. The molecule has 0 aliphatic carbocycles. The van der Waals surface area contributed by atoms with Crippen LogP contribution in [-0.2, 0) is 9.53 Å². The van der Waals surface area contributed by atoms with Crippen LogP contribution < -0.4 is 0 Å². The summed E-state index contributed by atoms with van der Waals surface area (Å²) in [5, 5.41) is 10.7. The van der Waals surface area contributed by atoms with Crippen molar-refractivity contribution in [2.24, 2.45) is 0 Å². The van der Waals surface area contributed by atoms with Crippen molar-refractivity contribution in [2.45, 2.75) is 20.0 Å². The number of esters is 1. The average molecular weight is 280 g/mol. The van der Waals surface area contributed by atoms with Crippen LogP contribution in [0.3, 0.4) is 0 Å². The smallest absolute Gasteiger partial charge is 0.338 e. The van der Waals surface area contributed by atoms with Gasteiger partial charge < -0.3 is 9.64 Å². The number of nitro groups is 1. The first-order valence-corrected chi connectivity index (χ1v) is 5.91. The standard InChI is InChI=1S/C13H16N2O5/c1-8-7-10(5-6-11(8)15(18)19)13(17)20-9(2)12(16)14(3)4/h5-7,9H,1-4H3. The van der Waals surface area contributed by atoms with Crippen LogP contribution in [0.25, 0.3) is 0 Å². The lowest BCUT2D eigenvalue weighted by atomic mass is 10.1. The fourth-order valence-corrected chi connectivity index (χ4v) is 1.63. The second-order valence-electron chi connectivity index (χ2n) is 4.54. The maximum absolute atomic E-state index is 11.9. The van der Waals surface area contributed by atoms with E-state index < -0.39 is 17.0 Å². The second-order valence-corrected chi connectivity index (χ2v) is 4.54. The Morgan fingerprint density at radius 2 is 1.95 bits per heavy atom. The fourth-order valence-electron chi connectivity index (χ4n) is 1.63. The molecule has 20 heavy (non-hydrogen) atoms. The number of carbonyl (C=O) groups excluding carboxylic acids is 2. The van der Waals surface area contributed by atoms with E-state index in [1.165, 1.54) is 36.9 Å². The van der Waals surface area contributed by atoms with Crippen molar-refractivity contribution in [3.63, 3.8) is 0 Å². The molecule has 7 nitrogen and oxygen atoms in total. The molecule has 0 bridgehead atoms. The largest absolute Gasteiger partial charge is 0.449 e. The highest BCUT2D eigenvalue weighted by Gasteiger charge is 2.21. The van der Waals surface area contributed by atoms with Gasteiger partial charge >= 0.3 is 5.97 Å². The highest BCUT2D eigenvalue weighted by molar-refractivity contribution is 5.92. The van der Waals surface area contributed by atoms with Gasteiger partial charge in [-0.15, -0.1) is 0 Å². The normalized spacial score (nSPS) is 11.6. The van der Waals surface area contributed by atoms with Gasteiger partial charge in [0, 0.05) is 25.7 Å². The minimum Gasteiger partial charge on any atom is -0.449 e. The topological polar surface area (TPSA) is 89.8 Å². The van der Waals surface area contributed by atoms with Gasteiger partial charge in [0.25, 0.3) is 11.6 Å². The summed E-state index contributed by atoms with van der Waals surface area (Å²) in [7, 11) is 3.12. The summed E-state index contributed by atoms with van der Waals surface area (Å²) in [6.07, 6.45) is -0.909. The number of carbonyl (C=O) groups is 2. The van der Waals surface area contributed by atoms with Crippen LogP contribution >= 0.6 is 0 Å². The van der Waals surface area contributed by atoms with Crippen LogP contribution in [0.2, 0.25) is 0 Å². The van der Waals surface area contributed by atoms with E-state index >= 15 is 0 Å². The Hall–Kier alpha value is -2.44. The maximum Gasteiger partial charge on any atom is 0.338 e. The molecule has 7 heteroatoms. The second kappa shape index (κ2) is 6.14. The van der Waals surface area contributed by atoms with Gasteiger partial charge in [0.1, 0.15) is 0 Å². The Morgan fingerprint density at radius 3 is 2.40 bits per heavy atom. The van der Waals surface area contributed by atoms with E-state index in [0.717, 1.165) is 0 Å². The van der Waals surface area contributed by atoms with Crippen molar-refractivity contribution in [3.05, 3.63) is 39.4 Å². The third-order valence-electron chi connectivity index (χ3n) is 2.70.